The van der Waals surface area contributed by atoms with Crippen molar-refractivity contribution >= 4 is 6.08 Å². The predicted octanol–water partition coefficient (Wildman–Crippen LogP) is 4.09. The Bertz CT molecular complexity index is 462. The molecule has 21 heavy (non-hydrogen) atoms. The van der Waals surface area contributed by atoms with Gasteiger partial charge in [0, 0.05) is 6.54 Å². The summed E-state index contributed by atoms with van der Waals surface area (Å²) in [7, 11) is 1.44. The fourth-order valence-electron chi connectivity index (χ4n) is 1.91. The molecule has 0 aliphatic carbocycles. The minimum absolute atomic E-state index is 0.0480. The third-order valence-electron chi connectivity index (χ3n) is 3.01. The number of methoxy groups -OCH3 is 1. The maximum absolute atomic E-state index is 12.3. The van der Waals surface area contributed by atoms with Crippen LogP contribution in [0.4, 0.5) is 8.78 Å². The molecule has 0 saturated heterocycles. The Labute approximate surface area is 124 Å². The van der Waals surface area contributed by atoms with Crippen molar-refractivity contribution < 1.29 is 18.3 Å². The first-order valence-electron chi connectivity index (χ1n) is 7.13. The van der Waals surface area contributed by atoms with Gasteiger partial charge >= 0.3 is 6.61 Å². The lowest BCUT2D eigenvalue weighted by molar-refractivity contribution is -0.0512. The van der Waals surface area contributed by atoms with Gasteiger partial charge in [-0.1, -0.05) is 31.6 Å². The molecule has 0 saturated carbocycles. The number of alkyl halides is 2. The largest absolute Gasteiger partial charge is 0.493 e. The summed E-state index contributed by atoms with van der Waals surface area (Å²) in [6.07, 6.45) is 4.05. The molecule has 0 aliphatic rings. The predicted molar refractivity (Wildman–Crippen MR) is 81.1 cm³/mol. The molecule has 3 nitrogen and oxygen atoms in total. The first-order chi connectivity index (χ1) is 10.1. The van der Waals surface area contributed by atoms with Crippen LogP contribution in [0.15, 0.2) is 23.8 Å². The molecular weight excluding hydrogens is 276 g/mol. The molecule has 1 aromatic carbocycles. The highest BCUT2D eigenvalue weighted by molar-refractivity contribution is 5.58. The first-order valence-corrected chi connectivity index (χ1v) is 7.13. The van der Waals surface area contributed by atoms with Crippen LogP contribution >= 0.6 is 0 Å². The highest BCUT2D eigenvalue weighted by atomic mass is 19.3. The second-order valence-corrected chi connectivity index (χ2v) is 4.62. The monoisotopic (exact) mass is 299 g/mol. The summed E-state index contributed by atoms with van der Waals surface area (Å²) < 4.78 is 34.1. The molecule has 0 unspecified atom stereocenters. The van der Waals surface area contributed by atoms with Crippen LogP contribution in [-0.4, -0.2) is 26.8 Å². The molecular formula is C16H23F2NO2. The number of hydrogen-bond acceptors (Lipinski definition) is 3. The second-order valence-electron chi connectivity index (χ2n) is 4.62. The highest BCUT2D eigenvalue weighted by Gasteiger charge is 2.10. The van der Waals surface area contributed by atoms with Crippen molar-refractivity contribution in [2.24, 2.45) is 0 Å². The molecule has 0 heterocycles. The molecule has 0 amide bonds. The van der Waals surface area contributed by atoms with Crippen LogP contribution in [-0.2, 0) is 0 Å². The van der Waals surface area contributed by atoms with Gasteiger partial charge in [-0.05, 0) is 37.1 Å². The standard InChI is InChI=1S/C16H23F2NO2/c1-4-8-19-11-12(5-2)9-13-6-7-14(21-16(17)18)15(10-13)20-3/h6-7,9-10,16,19H,4-5,8,11H2,1-3H3. The van der Waals surface area contributed by atoms with Crippen LogP contribution in [0.3, 0.4) is 0 Å². The Balaban J connectivity index is 2.86. The smallest absolute Gasteiger partial charge is 0.387 e. The fourth-order valence-corrected chi connectivity index (χ4v) is 1.91. The maximum Gasteiger partial charge on any atom is 0.387 e. The average molecular weight is 299 g/mol. The van der Waals surface area contributed by atoms with Gasteiger partial charge in [-0.3, -0.25) is 0 Å². The highest BCUT2D eigenvalue weighted by Crippen LogP contribution is 2.30. The molecule has 0 spiro atoms. The van der Waals surface area contributed by atoms with Crippen molar-refractivity contribution in [3.05, 3.63) is 29.3 Å². The van der Waals surface area contributed by atoms with E-state index in [1.165, 1.54) is 18.7 Å². The molecule has 1 rings (SSSR count). The summed E-state index contributed by atoms with van der Waals surface area (Å²) in [6, 6.07) is 4.95. The number of hydrogen-bond donors (Lipinski definition) is 1. The SMILES string of the molecule is CCCNCC(=Cc1ccc(OC(F)F)c(OC)c1)CC. The van der Waals surface area contributed by atoms with Gasteiger partial charge in [0.05, 0.1) is 7.11 Å². The van der Waals surface area contributed by atoms with E-state index in [1.807, 2.05) is 6.08 Å². The van der Waals surface area contributed by atoms with Crippen LogP contribution in [0.25, 0.3) is 6.08 Å². The Morgan fingerprint density at radius 2 is 2.05 bits per heavy atom. The van der Waals surface area contributed by atoms with E-state index in [9.17, 15) is 8.78 Å². The van der Waals surface area contributed by atoms with Gasteiger partial charge in [0.1, 0.15) is 0 Å². The average Bonchev–Trinajstić information content (AvgIpc) is 2.47. The van der Waals surface area contributed by atoms with Crippen molar-refractivity contribution in [3.63, 3.8) is 0 Å². The van der Waals surface area contributed by atoms with Crippen LogP contribution in [0.5, 0.6) is 11.5 Å². The zero-order chi connectivity index (χ0) is 15.7. The molecule has 5 heteroatoms. The Kier molecular flexibility index (Phi) is 7.75. The fraction of sp³-hybridized carbons (Fsp3) is 0.500. The normalized spacial score (nSPS) is 11.8. The van der Waals surface area contributed by atoms with E-state index >= 15 is 0 Å². The van der Waals surface area contributed by atoms with Gasteiger partial charge in [0.2, 0.25) is 0 Å². The van der Waals surface area contributed by atoms with E-state index in [1.54, 1.807) is 12.1 Å². The summed E-state index contributed by atoms with van der Waals surface area (Å²) in [5.74, 6) is 0.354. The lowest BCUT2D eigenvalue weighted by Crippen LogP contribution is -2.17. The molecule has 0 radical (unpaired) electrons. The second kappa shape index (κ2) is 9.34. The first kappa shape index (κ1) is 17.4. The molecule has 0 atom stereocenters. The third kappa shape index (κ3) is 6.12. The van der Waals surface area contributed by atoms with E-state index < -0.39 is 6.61 Å². The van der Waals surface area contributed by atoms with Crippen molar-refractivity contribution in [2.75, 3.05) is 20.2 Å². The van der Waals surface area contributed by atoms with Gasteiger partial charge in [-0.25, -0.2) is 0 Å². The van der Waals surface area contributed by atoms with E-state index in [2.05, 4.69) is 23.9 Å². The molecule has 1 aromatic rings. The lowest BCUT2D eigenvalue weighted by Gasteiger charge is -2.11. The third-order valence-corrected chi connectivity index (χ3v) is 3.01. The number of benzene rings is 1. The number of halogens is 2. The van der Waals surface area contributed by atoms with Crippen LogP contribution in [0.2, 0.25) is 0 Å². The molecule has 0 fully saturated rings. The molecule has 0 aliphatic heterocycles. The van der Waals surface area contributed by atoms with Crippen molar-refractivity contribution in [2.45, 2.75) is 33.3 Å². The topological polar surface area (TPSA) is 30.5 Å². The van der Waals surface area contributed by atoms with Gasteiger partial charge in [0.15, 0.2) is 11.5 Å². The van der Waals surface area contributed by atoms with E-state index in [0.717, 1.165) is 31.5 Å². The summed E-state index contributed by atoms with van der Waals surface area (Å²) >= 11 is 0. The molecule has 118 valence electrons. The van der Waals surface area contributed by atoms with Crippen molar-refractivity contribution in [1.82, 2.24) is 5.32 Å². The Morgan fingerprint density at radius 3 is 2.62 bits per heavy atom. The zero-order valence-electron chi connectivity index (χ0n) is 12.8. The lowest BCUT2D eigenvalue weighted by atomic mass is 10.1. The zero-order valence-corrected chi connectivity index (χ0v) is 12.8. The quantitative estimate of drug-likeness (QED) is 0.697. The van der Waals surface area contributed by atoms with Crippen molar-refractivity contribution in [3.8, 4) is 11.5 Å². The van der Waals surface area contributed by atoms with Crippen LogP contribution < -0.4 is 14.8 Å². The summed E-state index contributed by atoms with van der Waals surface area (Å²) in [4.78, 5) is 0. The van der Waals surface area contributed by atoms with Gasteiger partial charge in [0.25, 0.3) is 0 Å². The minimum Gasteiger partial charge on any atom is -0.493 e. The number of rotatable bonds is 9. The Morgan fingerprint density at radius 1 is 1.29 bits per heavy atom. The number of ether oxygens (including phenoxy) is 2. The van der Waals surface area contributed by atoms with E-state index in [0.29, 0.717) is 5.75 Å². The summed E-state index contributed by atoms with van der Waals surface area (Å²) in [5, 5.41) is 3.35. The number of nitrogens with one attached hydrogen (secondary N) is 1. The Hall–Kier alpha value is -1.62. The van der Waals surface area contributed by atoms with Crippen LogP contribution in [0, 0.1) is 0 Å². The minimum atomic E-state index is -2.86. The molecule has 0 bridgehead atoms. The van der Waals surface area contributed by atoms with Crippen molar-refractivity contribution in [1.29, 1.82) is 0 Å². The maximum atomic E-state index is 12.3. The van der Waals surface area contributed by atoms with Crippen LogP contribution in [0.1, 0.15) is 32.3 Å². The van der Waals surface area contributed by atoms with Gasteiger partial charge in [-0.15, -0.1) is 0 Å². The molecule has 0 aromatic heterocycles. The summed E-state index contributed by atoms with van der Waals surface area (Å²) in [5.41, 5.74) is 2.15. The summed E-state index contributed by atoms with van der Waals surface area (Å²) in [6.45, 7) is 3.15. The van der Waals surface area contributed by atoms with Gasteiger partial charge < -0.3 is 14.8 Å². The van der Waals surface area contributed by atoms with E-state index in [-0.39, 0.29) is 5.75 Å². The van der Waals surface area contributed by atoms with E-state index in [4.69, 9.17) is 4.74 Å². The molecule has 1 N–H and O–H groups in total. The van der Waals surface area contributed by atoms with Gasteiger partial charge in [-0.2, -0.15) is 8.78 Å².